The summed E-state index contributed by atoms with van der Waals surface area (Å²) < 4.78 is 94.0. The van der Waals surface area contributed by atoms with E-state index in [1.54, 1.807) is 24.1 Å². The zero-order valence-corrected chi connectivity index (χ0v) is 44.3. The van der Waals surface area contributed by atoms with Crippen molar-refractivity contribution in [1.82, 2.24) is 29.8 Å². The summed E-state index contributed by atoms with van der Waals surface area (Å²) >= 11 is 6.64. The quantitative estimate of drug-likeness (QED) is 0.199. The third-order valence-corrected chi connectivity index (χ3v) is 16.4. The first kappa shape index (κ1) is 57.7. The summed E-state index contributed by atoms with van der Waals surface area (Å²) in [6.45, 7) is 6.75. The number of morpholine rings is 1. The minimum Gasteiger partial charge on any atom is -0.379 e. The van der Waals surface area contributed by atoms with Gasteiger partial charge < -0.3 is 35.4 Å². The number of benzene rings is 2. The molecule has 14 nitrogen and oxygen atoms in total. The molecule has 5 aliphatic rings. The maximum atomic E-state index is 15.8. The van der Waals surface area contributed by atoms with Gasteiger partial charge in [0.1, 0.15) is 29.8 Å². The Hall–Kier alpha value is -4.95. The fourth-order valence-electron chi connectivity index (χ4n) is 11.8. The largest absolute Gasteiger partial charge is 0.403 e. The van der Waals surface area contributed by atoms with Crippen molar-refractivity contribution in [3.05, 3.63) is 58.6 Å². The summed E-state index contributed by atoms with van der Waals surface area (Å²) in [6, 6.07) is 9.88. The van der Waals surface area contributed by atoms with Crippen LogP contribution in [0.1, 0.15) is 102 Å². The van der Waals surface area contributed by atoms with Gasteiger partial charge in [0.05, 0.1) is 25.7 Å². The van der Waals surface area contributed by atoms with Crippen molar-refractivity contribution < 1.29 is 59.8 Å². The zero-order valence-electron chi connectivity index (χ0n) is 43.5. The maximum absolute atomic E-state index is 15.8. The van der Waals surface area contributed by atoms with Crippen molar-refractivity contribution in [3.63, 3.8) is 0 Å². The van der Waals surface area contributed by atoms with Crippen molar-refractivity contribution in [1.29, 1.82) is 0 Å². The lowest BCUT2D eigenvalue weighted by molar-refractivity contribution is -0.300. The Labute approximate surface area is 440 Å². The molecule has 0 bridgehead atoms. The second-order valence-electron chi connectivity index (χ2n) is 22.1. The number of nitrogens with zero attached hydrogens (tertiary/aromatic N) is 5. The van der Waals surface area contributed by atoms with Gasteiger partial charge in [-0.05, 0) is 78.3 Å². The molecule has 75 heavy (non-hydrogen) atoms. The van der Waals surface area contributed by atoms with Crippen LogP contribution < -0.4 is 11.1 Å². The molecule has 414 valence electrons. The number of amides is 6. The number of likely N-dealkylation sites (N-methyl/N-ethyl adjacent to an activating group) is 3. The van der Waals surface area contributed by atoms with Crippen molar-refractivity contribution in [2.45, 2.75) is 146 Å². The molecule has 0 spiro atoms. The van der Waals surface area contributed by atoms with Gasteiger partial charge in [-0.2, -0.15) is 13.2 Å². The van der Waals surface area contributed by atoms with Crippen molar-refractivity contribution in [3.8, 4) is 11.1 Å². The number of ether oxygens (including phenoxy) is 1. The number of primary amides is 1. The van der Waals surface area contributed by atoms with Crippen LogP contribution in [0, 0.1) is 23.2 Å². The standard InChI is InChI=1S/C54H72ClF6N7O7/c1-33(2)25-41-46(70)66(5)43(27-37-26-38(55)18-19-40(37)35-14-12-34(13-15-35)29-67-21-23-75-24-22-67)47(71)64(3)20-10-8-6-7-9-11-42(45(69)63-41)65(4)48(72)44(36-16-17-36)53(49(62)73)28-39(56)30-68(53)50(74)51(54(59,60)61)31-52(57,58)32-51/h12-15,18-19,26,33,36,39,41-44H,6-11,16-17,20-25,27-32H2,1-5H3,(H2,62,73)(H,63,69)/t39?,41-,42-,43-,44+,53?/m0/s1. The monoisotopic (exact) mass is 1080 g/mol. The van der Waals surface area contributed by atoms with Gasteiger partial charge in [-0.3, -0.25) is 33.7 Å². The number of carbonyl (C=O) groups is 6. The van der Waals surface area contributed by atoms with Gasteiger partial charge in [-0.25, -0.2) is 13.2 Å². The van der Waals surface area contributed by atoms with Crippen LogP contribution >= 0.6 is 11.6 Å². The highest BCUT2D eigenvalue weighted by Crippen LogP contribution is 2.62. The van der Waals surface area contributed by atoms with Crippen LogP contribution in [0.25, 0.3) is 11.1 Å². The summed E-state index contributed by atoms with van der Waals surface area (Å²) in [4.78, 5) is 94.2. The summed E-state index contributed by atoms with van der Waals surface area (Å²) in [5.41, 5.74) is 3.12. The summed E-state index contributed by atoms with van der Waals surface area (Å²) in [5, 5.41) is 3.30. The first-order chi connectivity index (χ1) is 35.3. The number of nitrogens with two attached hydrogens (primary N) is 1. The van der Waals surface area contributed by atoms with Gasteiger partial charge in [0.15, 0.2) is 5.41 Å². The summed E-state index contributed by atoms with van der Waals surface area (Å²) in [6.07, 6.45) is -8.88. The van der Waals surface area contributed by atoms with E-state index in [0.717, 1.165) is 41.2 Å². The third-order valence-electron chi connectivity index (χ3n) is 16.2. The van der Waals surface area contributed by atoms with Crippen molar-refractivity contribution in [2.24, 2.45) is 28.9 Å². The molecule has 3 N–H and O–H groups in total. The Morgan fingerprint density at radius 1 is 0.907 bits per heavy atom. The van der Waals surface area contributed by atoms with E-state index in [0.29, 0.717) is 62.4 Å². The number of carbonyl (C=O) groups excluding carboxylic acids is 6. The van der Waals surface area contributed by atoms with Gasteiger partial charge in [0.2, 0.25) is 35.4 Å². The molecule has 0 aromatic heterocycles. The molecule has 7 rings (SSSR count). The highest BCUT2D eigenvalue weighted by atomic mass is 35.5. The normalized spacial score (nSPS) is 26.9. The molecule has 5 fully saturated rings. The maximum Gasteiger partial charge on any atom is 0.403 e. The van der Waals surface area contributed by atoms with Gasteiger partial charge in [-0.1, -0.05) is 81.5 Å². The zero-order chi connectivity index (χ0) is 54.8. The topological polar surface area (TPSA) is 166 Å². The van der Waals surface area contributed by atoms with E-state index in [2.05, 4.69) is 22.3 Å². The molecule has 2 saturated carbocycles. The SMILES string of the molecule is CC(C)C[C@@H]1NC(=O)[C@@H](N(C)C(=O)[C@@H](C2CC2)C2(C(N)=O)CC(F)CN2C(=O)C2(C(F)(F)F)CC(F)(F)C2)CCCCCCCN(C)C(=O)[C@H](Cc2cc(Cl)ccc2-c2ccc(CN3CCOCC3)cc2)N(C)C1=O. The molecule has 6 amide bonds. The molecule has 3 heterocycles. The number of hydrogen-bond acceptors (Lipinski definition) is 8. The number of nitrogens with one attached hydrogen (secondary N) is 1. The molecule has 2 aromatic rings. The Morgan fingerprint density at radius 2 is 1.55 bits per heavy atom. The smallest absolute Gasteiger partial charge is 0.379 e. The fraction of sp³-hybridized carbons (Fsp3) is 0.667. The molecular formula is C54H72ClF6N7O7. The van der Waals surface area contributed by atoms with Gasteiger partial charge in [0, 0.05) is 78.0 Å². The van der Waals surface area contributed by atoms with Crippen LogP contribution in [0.15, 0.2) is 42.5 Å². The van der Waals surface area contributed by atoms with Gasteiger partial charge in [-0.15, -0.1) is 0 Å². The molecule has 0 radical (unpaired) electrons. The Morgan fingerprint density at radius 3 is 2.15 bits per heavy atom. The van der Waals surface area contributed by atoms with E-state index in [-0.39, 0.29) is 48.8 Å². The summed E-state index contributed by atoms with van der Waals surface area (Å²) in [5.74, 6) is -12.7. The van der Waals surface area contributed by atoms with Gasteiger partial charge in [0.25, 0.3) is 5.92 Å². The van der Waals surface area contributed by atoms with Gasteiger partial charge >= 0.3 is 6.18 Å². The second-order valence-corrected chi connectivity index (χ2v) is 22.6. The molecular weight excluding hydrogens is 1010 g/mol. The lowest BCUT2D eigenvalue weighted by Gasteiger charge is -2.51. The minimum absolute atomic E-state index is 0.0286. The van der Waals surface area contributed by atoms with E-state index in [4.69, 9.17) is 22.1 Å². The van der Waals surface area contributed by atoms with Crippen LogP contribution in [-0.2, 0) is 46.5 Å². The molecule has 2 aromatic carbocycles. The number of likely N-dealkylation sites (tertiary alicyclic amines) is 1. The number of rotatable bonds is 13. The van der Waals surface area contributed by atoms with Crippen molar-refractivity contribution >= 4 is 47.0 Å². The number of halogens is 7. The molecule has 6 atom stereocenters. The lowest BCUT2D eigenvalue weighted by Crippen LogP contribution is -2.70. The molecule has 2 unspecified atom stereocenters. The second kappa shape index (κ2) is 23.3. The predicted molar refractivity (Wildman–Crippen MR) is 269 cm³/mol. The minimum atomic E-state index is -5.52. The number of hydrogen-bond donors (Lipinski definition) is 2. The molecule has 2 aliphatic carbocycles. The average molecular weight is 1080 g/mol. The average Bonchev–Trinajstić information content (AvgIpc) is 4.12. The van der Waals surface area contributed by atoms with Crippen LogP contribution in [0.3, 0.4) is 0 Å². The van der Waals surface area contributed by atoms with E-state index >= 15 is 14.0 Å². The van der Waals surface area contributed by atoms with E-state index in [9.17, 15) is 41.1 Å². The third kappa shape index (κ3) is 12.6. The van der Waals surface area contributed by atoms with Crippen LogP contribution in [0.4, 0.5) is 26.3 Å². The van der Waals surface area contributed by atoms with Crippen LogP contribution in [-0.4, -0.2) is 162 Å². The lowest BCUT2D eigenvalue weighted by atomic mass is 9.63. The van der Waals surface area contributed by atoms with E-state index in [1.807, 2.05) is 32.0 Å². The first-order valence-electron chi connectivity index (χ1n) is 26.3. The number of alkyl halides is 6. The molecule has 21 heteroatoms. The van der Waals surface area contributed by atoms with E-state index in [1.165, 1.54) is 19.0 Å². The summed E-state index contributed by atoms with van der Waals surface area (Å²) in [7, 11) is 4.46. The predicted octanol–water partition coefficient (Wildman–Crippen LogP) is 7.18. The molecule has 3 aliphatic heterocycles. The Balaban J connectivity index is 1.19. The fourth-order valence-corrected chi connectivity index (χ4v) is 12.0. The van der Waals surface area contributed by atoms with Crippen LogP contribution in [0.5, 0.6) is 0 Å². The Kier molecular flexibility index (Phi) is 18.0. The first-order valence-corrected chi connectivity index (χ1v) is 26.6. The van der Waals surface area contributed by atoms with Crippen molar-refractivity contribution in [2.75, 3.05) is 60.5 Å². The Bertz CT molecular complexity index is 2410. The van der Waals surface area contributed by atoms with Crippen LogP contribution in [0.2, 0.25) is 5.02 Å². The van der Waals surface area contributed by atoms with E-state index < -0.39 is 115 Å². The highest BCUT2D eigenvalue weighted by Gasteiger charge is 2.77. The molecule has 3 saturated heterocycles. The highest BCUT2D eigenvalue weighted by molar-refractivity contribution is 6.30.